The van der Waals surface area contributed by atoms with E-state index in [0.29, 0.717) is 0 Å². The molecule has 0 amide bonds. The molecule has 0 aliphatic carbocycles. The molecule has 0 aromatic heterocycles. The molecule has 2 aromatic rings. The Bertz CT molecular complexity index is 677. The lowest BCUT2D eigenvalue weighted by atomic mass is 10.00. The number of aromatic hydroxyl groups is 6. The topological polar surface area (TPSA) is 138 Å². The molecular weight excluding hydrogens is 268 g/mol. The Kier molecular flexibility index (Phi) is 3.03. The molecule has 2 aromatic carbocycles. The first kappa shape index (κ1) is 13.3. The molecule has 20 heavy (non-hydrogen) atoms. The quantitative estimate of drug-likeness (QED) is 0.275. The summed E-state index contributed by atoms with van der Waals surface area (Å²) in [5.41, 5.74) is -0.886. The number of hydrogen-bond donors (Lipinski definition) is 6. The number of phenols is 6. The minimum atomic E-state index is -1.15. The van der Waals surface area contributed by atoms with Crippen LogP contribution in [0.15, 0.2) is 24.3 Å². The third-order valence-corrected chi connectivity index (χ3v) is 2.71. The van der Waals surface area contributed by atoms with E-state index >= 15 is 0 Å². The van der Waals surface area contributed by atoms with E-state index in [1.54, 1.807) is 0 Å². The van der Waals surface area contributed by atoms with E-state index in [9.17, 15) is 35.4 Å². The van der Waals surface area contributed by atoms with Crippen LogP contribution < -0.4 is 0 Å². The normalized spacial score (nSPS) is 10.4. The molecule has 0 unspecified atom stereocenters. The van der Waals surface area contributed by atoms with Crippen molar-refractivity contribution in [2.45, 2.75) is 0 Å². The SMILES string of the molecule is O=C(c1cccc(O)c1)c1c(O)c(O)c(O)c(O)c1O. The molecule has 0 heterocycles. The predicted octanol–water partition coefficient (Wildman–Crippen LogP) is 1.15. The molecule has 104 valence electrons. The molecule has 7 heteroatoms. The number of carbonyl (C=O) groups is 1. The van der Waals surface area contributed by atoms with Gasteiger partial charge >= 0.3 is 0 Å². The van der Waals surface area contributed by atoms with Gasteiger partial charge in [-0.25, -0.2) is 0 Å². The van der Waals surface area contributed by atoms with Crippen molar-refractivity contribution >= 4 is 5.78 Å². The van der Waals surface area contributed by atoms with Gasteiger partial charge in [-0.1, -0.05) is 12.1 Å². The third-order valence-electron chi connectivity index (χ3n) is 2.71. The van der Waals surface area contributed by atoms with Crippen molar-refractivity contribution in [1.82, 2.24) is 0 Å². The second-order valence-electron chi connectivity index (χ2n) is 4.00. The number of phenolic OH excluding ortho intramolecular Hbond substituents is 6. The average molecular weight is 278 g/mol. The van der Waals surface area contributed by atoms with Gasteiger partial charge < -0.3 is 30.6 Å². The summed E-state index contributed by atoms with van der Waals surface area (Å²) in [7, 11) is 0. The maximum Gasteiger partial charge on any atom is 0.208 e. The van der Waals surface area contributed by atoms with Gasteiger partial charge in [0, 0.05) is 5.56 Å². The summed E-state index contributed by atoms with van der Waals surface area (Å²) >= 11 is 0. The molecule has 0 fully saturated rings. The highest BCUT2D eigenvalue weighted by Crippen LogP contribution is 2.51. The van der Waals surface area contributed by atoms with Crippen LogP contribution in [0.1, 0.15) is 15.9 Å². The zero-order valence-electron chi connectivity index (χ0n) is 9.90. The van der Waals surface area contributed by atoms with Gasteiger partial charge in [0.25, 0.3) is 0 Å². The maximum atomic E-state index is 12.1. The van der Waals surface area contributed by atoms with Crippen molar-refractivity contribution in [2.24, 2.45) is 0 Å². The molecule has 0 aliphatic rings. The molecule has 0 spiro atoms. The Morgan fingerprint density at radius 3 is 1.75 bits per heavy atom. The van der Waals surface area contributed by atoms with Crippen LogP contribution in [0, 0.1) is 0 Å². The van der Waals surface area contributed by atoms with Crippen molar-refractivity contribution in [3.8, 4) is 34.5 Å². The lowest BCUT2D eigenvalue weighted by Crippen LogP contribution is -2.02. The Labute approximate surface area is 112 Å². The van der Waals surface area contributed by atoms with Gasteiger partial charge in [0.1, 0.15) is 11.3 Å². The number of rotatable bonds is 2. The molecule has 0 atom stereocenters. The first-order chi connectivity index (χ1) is 9.34. The smallest absolute Gasteiger partial charge is 0.208 e. The van der Waals surface area contributed by atoms with E-state index in [4.69, 9.17) is 0 Å². The Balaban J connectivity index is 2.67. The van der Waals surface area contributed by atoms with Gasteiger partial charge in [0.05, 0.1) is 0 Å². The van der Waals surface area contributed by atoms with Gasteiger partial charge in [-0.05, 0) is 12.1 Å². The lowest BCUT2D eigenvalue weighted by Gasteiger charge is -2.11. The van der Waals surface area contributed by atoms with Crippen LogP contribution in [-0.2, 0) is 0 Å². The zero-order chi connectivity index (χ0) is 15.0. The number of hydrogen-bond acceptors (Lipinski definition) is 7. The second kappa shape index (κ2) is 4.54. The molecule has 0 bridgehead atoms. The van der Waals surface area contributed by atoms with Crippen LogP contribution in [0.4, 0.5) is 0 Å². The fraction of sp³-hybridized carbons (Fsp3) is 0. The van der Waals surface area contributed by atoms with Gasteiger partial charge in [0.2, 0.25) is 23.0 Å². The van der Waals surface area contributed by atoms with Gasteiger partial charge in [-0.15, -0.1) is 0 Å². The lowest BCUT2D eigenvalue weighted by molar-refractivity contribution is 0.103. The summed E-state index contributed by atoms with van der Waals surface area (Å²) in [4.78, 5) is 12.1. The van der Waals surface area contributed by atoms with E-state index in [1.807, 2.05) is 0 Å². The molecule has 6 N–H and O–H groups in total. The summed E-state index contributed by atoms with van der Waals surface area (Å²) in [6.07, 6.45) is 0. The predicted molar refractivity (Wildman–Crippen MR) is 66.3 cm³/mol. The molecule has 0 saturated carbocycles. The minimum Gasteiger partial charge on any atom is -0.508 e. The zero-order valence-corrected chi connectivity index (χ0v) is 9.90. The highest BCUT2D eigenvalue weighted by molar-refractivity contribution is 6.13. The van der Waals surface area contributed by atoms with Crippen LogP contribution in [0.5, 0.6) is 34.5 Å². The van der Waals surface area contributed by atoms with Crippen LogP contribution in [-0.4, -0.2) is 36.4 Å². The largest absolute Gasteiger partial charge is 0.508 e. The van der Waals surface area contributed by atoms with E-state index in [0.717, 1.165) is 6.07 Å². The fourth-order valence-electron chi connectivity index (χ4n) is 1.69. The van der Waals surface area contributed by atoms with Crippen LogP contribution in [0.3, 0.4) is 0 Å². The van der Waals surface area contributed by atoms with Crippen molar-refractivity contribution in [3.05, 3.63) is 35.4 Å². The Hall–Kier alpha value is -3.09. The van der Waals surface area contributed by atoms with E-state index in [-0.39, 0.29) is 11.3 Å². The monoisotopic (exact) mass is 278 g/mol. The average Bonchev–Trinajstić information content (AvgIpc) is 2.43. The summed E-state index contributed by atoms with van der Waals surface area (Å²) < 4.78 is 0. The first-order valence-corrected chi connectivity index (χ1v) is 5.37. The van der Waals surface area contributed by atoms with Crippen molar-refractivity contribution in [3.63, 3.8) is 0 Å². The molecule has 0 saturated heterocycles. The van der Waals surface area contributed by atoms with Crippen molar-refractivity contribution in [1.29, 1.82) is 0 Å². The summed E-state index contributed by atoms with van der Waals surface area (Å²) in [5, 5.41) is 56.5. The number of ketones is 1. The summed E-state index contributed by atoms with van der Waals surface area (Å²) in [6, 6.07) is 5.03. The highest BCUT2D eigenvalue weighted by Gasteiger charge is 2.28. The number of carbonyl (C=O) groups excluding carboxylic acids is 1. The van der Waals surface area contributed by atoms with Crippen LogP contribution >= 0.6 is 0 Å². The first-order valence-electron chi connectivity index (χ1n) is 5.37. The Morgan fingerprint density at radius 1 is 0.750 bits per heavy atom. The van der Waals surface area contributed by atoms with Crippen molar-refractivity contribution < 1.29 is 35.4 Å². The van der Waals surface area contributed by atoms with Gasteiger partial charge in [-0.3, -0.25) is 4.79 Å². The van der Waals surface area contributed by atoms with Gasteiger partial charge in [0.15, 0.2) is 11.5 Å². The summed E-state index contributed by atoms with van der Waals surface area (Å²) in [5.74, 6) is -6.75. The van der Waals surface area contributed by atoms with E-state index in [1.165, 1.54) is 18.2 Å². The third kappa shape index (κ3) is 1.91. The molecule has 0 radical (unpaired) electrons. The number of benzene rings is 2. The van der Waals surface area contributed by atoms with Crippen LogP contribution in [0.2, 0.25) is 0 Å². The molecular formula is C13H10O7. The molecule has 7 nitrogen and oxygen atoms in total. The van der Waals surface area contributed by atoms with Gasteiger partial charge in [-0.2, -0.15) is 0 Å². The maximum absolute atomic E-state index is 12.1. The van der Waals surface area contributed by atoms with E-state index < -0.39 is 40.1 Å². The fourth-order valence-corrected chi connectivity index (χ4v) is 1.69. The standard InChI is InChI=1S/C13H10O7/c14-6-3-1-2-5(4-6)8(15)7-9(16)11(18)13(20)12(19)10(7)17/h1-4,14,16-20H. The minimum absolute atomic E-state index is 0.0971. The molecule has 0 aliphatic heterocycles. The Morgan fingerprint density at radius 2 is 1.25 bits per heavy atom. The van der Waals surface area contributed by atoms with E-state index in [2.05, 4.69) is 0 Å². The highest BCUT2D eigenvalue weighted by atomic mass is 16.4. The second-order valence-corrected chi connectivity index (χ2v) is 4.00. The molecule has 2 rings (SSSR count). The van der Waals surface area contributed by atoms with Crippen molar-refractivity contribution in [2.75, 3.05) is 0 Å². The summed E-state index contributed by atoms with van der Waals surface area (Å²) in [6.45, 7) is 0. The van der Waals surface area contributed by atoms with Crippen LogP contribution in [0.25, 0.3) is 0 Å².